The van der Waals surface area contributed by atoms with Gasteiger partial charge in [0, 0.05) is 17.3 Å². The van der Waals surface area contributed by atoms with Crippen LogP contribution in [-0.4, -0.2) is 19.4 Å². The van der Waals surface area contributed by atoms with Crippen molar-refractivity contribution in [1.82, 2.24) is 5.32 Å². The molecular weight excluding hydrogens is 414 g/mol. The molecule has 0 amide bonds. The molecule has 26 heavy (non-hydrogen) atoms. The Hall–Kier alpha value is -1.24. The van der Waals surface area contributed by atoms with Crippen LogP contribution >= 0.6 is 27.3 Å². The molecule has 1 aliphatic carbocycles. The molecule has 0 spiro atoms. The lowest BCUT2D eigenvalue weighted by Gasteiger charge is -2.24. The fourth-order valence-corrected chi connectivity index (χ4v) is 5.12. The van der Waals surface area contributed by atoms with Gasteiger partial charge in [-0.3, -0.25) is 0 Å². The van der Waals surface area contributed by atoms with Gasteiger partial charge in [0.25, 0.3) is 0 Å². The van der Waals surface area contributed by atoms with Gasteiger partial charge in [0.15, 0.2) is 11.5 Å². The quantitative estimate of drug-likeness (QED) is 0.605. The second kappa shape index (κ2) is 8.63. The van der Waals surface area contributed by atoms with Crippen molar-refractivity contribution in [3.8, 4) is 17.2 Å². The van der Waals surface area contributed by atoms with E-state index in [4.69, 9.17) is 14.2 Å². The summed E-state index contributed by atoms with van der Waals surface area (Å²) in [6, 6.07) is 10.7. The molecule has 4 nitrogen and oxygen atoms in total. The number of thiophene rings is 1. The van der Waals surface area contributed by atoms with Gasteiger partial charge in [0.2, 0.25) is 12.5 Å². The number of ether oxygens (including phenoxy) is 3. The van der Waals surface area contributed by atoms with Crippen LogP contribution in [0.25, 0.3) is 0 Å². The van der Waals surface area contributed by atoms with Gasteiger partial charge in [-0.05, 0) is 59.6 Å². The molecule has 2 aliphatic rings. The van der Waals surface area contributed by atoms with E-state index in [1.54, 1.807) is 11.3 Å². The number of halogens is 1. The molecule has 6 heteroatoms. The van der Waals surface area contributed by atoms with Gasteiger partial charge in [-0.1, -0.05) is 25.3 Å². The maximum absolute atomic E-state index is 6.39. The summed E-state index contributed by atoms with van der Waals surface area (Å²) in [6.45, 7) is 1.21. The normalized spacial score (nSPS) is 18.0. The van der Waals surface area contributed by atoms with Crippen LogP contribution in [0.5, 0.6) is 17.2 Å². The van der Waals surface area contributed by atoms with E-state index in [-0.39, 0.29) is 12.9 Å². The van der Waals surface area contributed by atoms with Crippen LogP contribution in [0, 0.1) is 0 Å². The SMILES string of the molecule is Brc1ccc(C(CCNC2CCCCC2)Oc2cccc3c2OCO3)s1. The Morgan fingerprint density at radius 1 is 1.15 bits per heavy atom. The second-order valence-corrected chi connectivity index (χ2v) is 9.31. The molecule has 1 saturated carbocycles. The summed E-state index contributed by atoms with van der Waals surface area (Å²) in [6.07, 6.45) is 7.60. The van der Waals surface area contributed by atoms with Crippen molar-refractivity contribution in [2.75, 3.05) is 13.3 Å². The zero-order valence-corrected chi connectivity index (χ0v) is 17.1. The largest absolute Gasteiger partial charge is 0.481 e. The second-order valence-electron chi connectivity index (χ2n) is 6.82. The molecule has 2 aromatic rings. The Labute approximate surface area is 167 Å². The lowest BCUT2D eigenvalue weighted by atomic mass is 9.95. The fraction of sp³-hybridized carbons (Fsp3) is 0.500. The fourth-order valence-electron chi connectivity index (χ4n) is 3.64. The highest BCUT2D eigenvalue weighted by molar-refractivity contribution is 9.11. The van der Waals surface area contributed by atoms with Gasteiger partial charge in [0.05, 0.1) is 3.79 Å². The van der Waals surface area contributed by atoms with E-state index < -0.39 is 0 Å². The molecule has 140 valence electrons. The van der Waals surface area contributed by atoms with Gasteiger partial charge >= 0.3 is 0 Å². The van der Waals surface area contributed by atoms with Crippen LogP contribution in [0.3, 0.4) is 0 Å². The van der Waals surface area contributed by atoms with Gasteiger partial charge in [-0.15, -0.1) is 11.3 Å². The molecule has 1 fully saturated rings. The smallest absolute Gasteiger partial charge is 0.231 e. The number of nitrogens with one attached hydrogen (secondary N) is 1. The molecule has 1 aromatic carbocycles. The van der Waals surface area contributed by atoms with Gasteiger partial charge in [-0.25, -0.2) is 0 Å². The highest BCUT2D eigenvalue weighted by Crippen LogP contribution is 2.43. The van der Waals surface area contributed by atoms with Crippen LogP contribution in [0.1, 0.15) is 49.5 Å². The number of benzene rings is 1. The molecule has 2 heterocycles. The topological polar surface area (TPSA) is 39.7 Å². The number of hydrogen-bond donors (Lipinski definition) is 1. The standard InChI is InChI=1S/C20H24BrNO3S/c21-19-10-9-18(26-19)15(11-12-22-14-5-2-1-3-6-14)25-17-8-4-7-16-20(17)24-13-23-16/h4,7-10,14-15,22H,1-3,5-6,11-13H2. The minimum absolute atomic E-state index is 0.00177. The maximum Gasteiger partial charge on any atom is 0.231 e. The van der Waals surface area contributed by atoms with E-state index in [0.29, 0.717) is 11.8 Å². The monoisotopic (exact) mass is 437 g/mol. The van der Waals surface area contributed by atoms with Crippen molar-refractivity contribution < 1.29 is 14.2 Å². The first-order valence-electron chi connectivity index (χ1n) is 9.33. The Bertz CT molecular complexity index is 730. The Morgan fingerprint density at radius 2 is 2.04 bits per heavy atom. The number of para-hydroxylation sites is 1. The minimum Gasteiger partial charge on any atom is -0.481 e. The van der Waals surface area contributed by atoms with E-state index in [1.165, 1.54) is 37.0 Å². The number of fused-ring (bicyclic) bond motifs is 1. The summed E-state index contributed by atoms with van der Waals surface area (Å²) >= 11 is 5.30. The molecule has 1 N–H and O–H groups in total. The first kappa shape index (κ1) is 18.1. The van der Waals surface area contributed by atoms with Crippen LogP contribution in [0.4, 0.5) is 0 Å². The van der Waals surface area contributed by atoms with Crippen molar-refractivity contribution in [3.05, 3.63) is 39.0 Å². The first-order valence-corrected chi connectivity index (χ1v) is 10.9. The predicted molar refractivity (Wildman–Crippen MR) is 107 cm³/mol. The Balaban J connectivity index is 1.44. The third-order valence-electron chi connectivity index (χ3n) is 4.99. The summed E-state index contributed by atoms with van der Waals surface area (Å²) in [5.41, 5.74) is 0. The molecular formula is C20H24BrNO3S. The van der Waals surface area contributed by atoms with E-state index in [0.717, 1.165) is 28.3 Å². The maximum atomic E-state index is 6.39. The van der Waals surface area contributed by atoms with Crippen molar-refractivity contribution >= 4 is 27.3 Å². The Kier molecular flexibility index (Phi) is 6.02. The summed E-state index contributed by atoms with van der Waals surface area (Å²) in [7, 11) is 0. The minimum atomic E-state index is -0.00177. The van der Waals surface area contributed by atoms with Gasteiger partial charge < -0.3 is 19.5 Å². The summed E-state index contributed by atoms with van der Waals surface area (Å²) in [4.78, 5) is 1.22. The third kappa shape index (κ3) is 4.35. The molecule has 1 aliphatic heterocycles. The summed E-state index contributed by atoms with van der Waals surface area (Å²) < 4.78 is 18.6. The average molecular weight is 438 g/mol. The molecule has 0 bridgehead atoms. The van der Waals surface area contributed by atoms with Crippen LogP contribution in [0.2, 0.25) is 0 Å². The van der Waals surface area contributed by atoms with E-state index in [1.807, 2.05) is 18.2 Å². The van der Waals surface area contributed by atoms with Gasteiger partial charge in [-0.2, -0.15) is 0 Å². The molecule has 4 rings (SSSR count). The molecule has 0 saturated heterocycles. The predicted octanol–water partition coefficient (Wildman–Crippen LogP) is 5.67. The van der Waals surface area contributed by atoms with E-state index in [9.17, 15) is 0 Å². The average Bonchev–Trinajstić information content (AvgIpc) is 3.31. The lowest BCUT2D eigenvalue weighted by Crippen LogP contribution is -2.32. The van der Waals surface area contributed by atoms with Crippen molar-refractivity contribution in [3.63, 3.8) is 0 Å². The van der Waals surface area contributed by atoms with Crippen molar-refractivity contribution in [2.45, 2.75) is 50.7 Å². The molecule has 1 unspecified atom stereocenters. The van der Waals surface area contributed by atoms with E-state index >= 15 is 0 Å². The number of hydrogen-bond acceptors (Lipinski definition) is 5. The lowest BCUT2D eigenvalue weighted by molar-refractivity contribution is 0.158. The molecule has 1 atom stereocenters. The van der Waals surface area contributed by atoms with Gasteiger partial charge in [0.1, 0.15) is 6.10 Å². The molecule has 1 aromatic heterocycles. The molecule has 0 radical (unpaired) electrons. The highest BCUT2D eigenvalue weighted by atomic mass is 79.9. The van der Waals surface area contributed by atoms with Crippen molar-refractivity contribution in [2.24, 2.45) is 0 Å². The highest BCUT2D eigenvalue weighted by Gasteiger charge is 2.23. The van der Waals surface area contributed by atoms with Crippen LogP contribution in [-0.2, 0) is 0 Å². The van der Waals surface area contributed by atoms with Crippen LogP contribution < -0.4 is 19.5 Å². The zero-order valence-electron chi connectivity index (χ0n) is 14.7. The summed E-state index contributed by atoms with van der Waals surface area (Å²) in [5, 5.41) is 3.72. The zero-order chi connectivity index (χ0) is 17.8. The third-order valence-corrected chi connectivity index (χ3v) is 6.70. The number of rotatable bonds is 7. The van der Waals surface area contributed by atoms with Crippen LogP contribution in [0.15, 0.2) is 34.1 Å². The summed E-state index contributed by atoms with van der Waals surface area (Å²) in [5.74, 6) is 2.23. The van der Waals surface area contributed by atoms with Crippen molar-refractivity contribution in [1.29, 1.82) is 0 Å². The Morgan fingerprint density at radius 3 is 2.85 bits per heavy atom. The van der Waals surface area contributed by atoms with E-state index in [2.05, 4.69) is 33.4 Å². The first-order chi connectivity index (χ1) is 12.8.